The first-order chi connectivity index (χ1) is 17.1. The van der Waals surface area contributed by atoms with Crippen LogP contribution in [0.5, 0.6) is 5.88 Å². The fourth-order valence-electron chi connectivity index (χ4n) is 4.73. The van der Waals surface area contributed by atoms with Gasteiger partial charge in [0.2, 0.25) is 0 Å². The minimum atomic E-state index is -4.86. The van der Waals surface area contributed by atoms with Crippen LogP contribution in [-0.2, 0) is 6.18 Å². The Bertz CT molecular complexity index is 1300. The summed E-state index contributed by atoms with van der Waals surface area (Å²) in [7, 11) is 0. The van der Waals surface area contributed by atoms with Crippen LogP contribution in [0.4, 0.5) is 26.3 Å². The first kappa shape index (κ1) is 23.9. The number of benzene rings is 1. The number of ether oxygens (including phenoxy) is 1. The topological polar surface area (TPSA) is 81.1 Å². The Hall–Kier alpha value is -3.77. The van der Waals surface area contributed by atoms with Crippen LogP contribution in [0, 0.1) is 23.5 Å². The number of hydrogen-bond donors (Lipinski definition) is 0. The van der Waals surface area contributed by atoms with Crippen molar-refractivity contribution >= 4 is 5.91 Å². The minimum Gasteiger partial charge on any atom is -0.469 e. The number of nitrogens with zero attached hydrogens (tertiary/aromatic N) is 5. The number of carbonyl (C=O) groups excluding carboxylic acids is 1. The molecular formula is C23H17F6N5O2. The molecule has 0 spiro atoms. The van der Waals surface area contributed by atoms with E-state index in [2.05, 4.69) is 19.9 Å². The lowest BCUT2D eigenvalue weighted by Gasteiger charge is -2.49. The lowest BCUT2D eigenvalue weighted by atomic mass is 9.77. The number of hydrogen-bond acceptors (Lipinski definition) is 6. The van der Waals surface area contributed by atoms with Gasteiger partial charge in [0.15, 0.2) is 17.3 Å². The zero-order chi connectivity index (χ0) is 25.6. The van der Waals surface area contributed by atoms with E-state index in [1.807, 2.05) is 0 Å². The molecule has 6 rings (SSSR count). The van der Waals surface area contributed by atoms with Crippen molar-refractivity contribution in [1.82, 2.24) is 24.8 Å². The van der Waals surface area contributed by atoms with E-state index in [4.69, 9.17) is 4.74 Å². The summed E-state index contributed by atoms with van der Waals surface area (Å²) in [6.45, 7) is 0.324. The van der Waals surface area contributed by atoms with Gasteiger partial charge in [-0.25, -0.2) is 28.7 Å². The Labute approximate surface area is 200 Å². The third-order valence-electron chi connectivity index (χ3n) is 6.32. The standard InChI is InChI=1S/C23H17F6N5O2/c24-12-7-30-20(31-8-12)18-13(2-1-3-14(18)25)22(35)34-10-11-4-5-15(34)16(6-11)36-21-19(26)33-17(9-32-21)23(27,28)29/h1-3,7-9,11,15-16H,4-6,10H2. The van der Waals surface area contributed by atoms with Crippen molar-refractivity contribution < 1.29 is 35.9 Å². The van der Waals surface area contributed by atoms with E-state index in [0.29, 0.717) is 25.6 Å². The summed E-state index contributed by atoms with van der Waals surface area (Å²) in [5.41, 5.74) is -1.73. The summed E-state index contributed by atoms with van der Waals surface area (Å²) >= 11 is 0. The van der Waals surface area contributed by atoms with Crippen molar-refractivity contribution in [3.8, 4) is 17.3 Å². The first-order valence-corrected chi connectivity index (χ1v) is 11.0. The highest BCUT2D eigenvalue weighted by molar-refractivity contribution is 6.00. The maximum absolute atomic E-state index is 14.8. The van der Waals surface area contributed by atoms with Gasteiger partial charge in [0.1, 0.15) is 11.9 Å². The molecule has 13 heteroatoms. The third-order valence-corrected chi connectivity index (χ3v) is 6.32. The second-order valence-corrected chi connectivity index (χ2v) is 8.60. The van der Waals surface area contributed by atoms with Gasteiger partial charge >= 0.3 is 6.18 Å². The quantitative estimate of drug-likeness (QED) is 0.484. The van der Waals surface area contributed by atoms with Crippen LogP contribution in [0.15, 0.2) is 36.8 Å². The molecule has 1 aliphatic carbocycles. The molecule has 7 nitrogen and oxygen atoms in total. The number of halogens is 6. The summed E-state index contributed by atoms with van der Waals surface area (Å²) in [6, 6.07) is 3.29. The van der Waals surface area contributed by atoms with Crippen molar-refractivity contribution in [2.24, 2.45) is 5.92 Å². The van der Waals surface area contributed by atoms with E-state index in [1.165, 1.54) is 17.0 Å². The SMILES string of the molecule is O=C(c1cccc(F)c1-c1ncc(F)cn1)N1CC2CCC1C(Oc1ncc(C(F)(F)F)nc1F)C2. The monoisotopic (exact) mass is 509 g/mol. The first-order valence-electron chi connectivity index (χ1n) is 11.0. The molecule has 3 unspecified atom stereocenters. The van der Waals surface area contributed by atoms with E-state index in [-0.39, 0.29) is 22.9 Å². The molecule has 3 aliphatic rings. The maximum Gasteiger partial charge on any atom is 0.435 e. The predicted octanol–water partition coefficient (Wildman–Crippen LogP) is 4.44. The molecule has 188 valence electrons. The molecule has 2 aromatic heterocycles. The minimum absolute atomic E-state index is 0.0338. The molecule has 36 heavy (non-hydrogen) atoms. The van der Waals surface area contributed by atoms with Crippen LogP contribution in [0.2, 0.25) is 0 Å². The summed E-state index contributed by atoms with van der Waals surface area (Å²) < 4.78 is 86.2. The largest absolute Gasteiger partial charge is 0.469 e. The number of amides is 1. The van der Waals surface area contributed by atoms with Gasteiger partial charge in [-0.3, -0.25) is 4.79 Å². The molecule has 1 aromatic carbocycles. The molecule has 0 radical (unpaired) electrons. The summed E-state index contributed by atoms with van der Waals surface area (Å²) in [6.07, 6.45) is -1.87. The van der Waals surface area contributed by atoms with Crippen molar-refractivity contribution in [3.63, 3.8) is 0 Å². The lowest BCUT2D eigenvalue weighted by molar-refractivity contribution is -0.142. The summed E-state index contributed by atoms with van der Waals surface area (Å²) in [4.78, 5) is 29.0. The smallest absolute Gasteiger partial charge is 0.435 e. The molecule has 3 aromatic rings. The van der Waals surface area contributed by atoms with E-state index >= 15 is 0 Å². The van der Waals surface area contributed by atoms with Crippen molar-refractivity contribution in [2.75, 3.05) is 6.54 Å². The summed E-state index contributed by atoms with van der Waals surface area (Å²) in [5, 5.41) is 0. The van der Waals surface area contributed by atoms with Crippen molar-refractivity contribution in [2.45, 2.75) is 37.6 Å². The molecule has 2 saturated heterocycles. The molecule has 3 atom stereocenters. The van der Waals surface area contributed by atoms with Gasteiger partial charge in [-0.2, -0.15) is 17.6 Å². The fraction of sp³-hybridized carbons (Fsp3) is 0.348. The average Bonchev–Trinajstić information content (AvgIpc) is 2.85. The van der Waals surface area contributed by atoms with Crippen LogP contribution < -0.4 is 4.74 Å². The fourth-order valence-corrected chi connectivity index (χ4v) is 4.73. The van der Waals surface area contributed by atoms with Gasteiger partial charge in [0, 0.05) is 6.54 Å². The zero-order valence-electron chi connectivity index (χ0n) is 18.3. The highest BCUT2D eigenvalue weighted by Gasteiger charge is 2.45. The Morgan fingerprint density at radius 2 is 1.78 bits per heavy atom. The number of alkyl halides is 3. The van der Waals surface area contributed by atoms with Crippen molar-refractivity contribution in [3.05, 3.63) is 65.6 Å². The second kappa shape index (κ2) is 9.03. The molecule has 1 saturated carbocycles. The Morgan fingerprint density at radius 3 is 2.44 bits per heavy atom. The third kappa shape index (κ3) is 4.44. The number of aromatic nitrogens is 4. The molecule has 4 heterocycles. The van der Waals surface area contributed by atoms with Crippen LogP contribution >= 0.6 is 0 Å². The Morgan fingerprint density at radius 1 is 1.03 bits per heavy atom. The normalized spacial score (nSPS) is 21.5. The maximum atomic E-state index is 14.8. The molecule has 2 bridgehead atoms. The van der Waals surface area contributed by atoms with Crippen LogP contribution in [0.25, 0.3) is 11.4 Å². The molecule has 0 N–H and O–H groups in total. The van der Waals surface area contributed by atoms with Crippen molar-refractivity contribution in [1.29, 1.82) is 0 Å². The van der Waals surface area contributed by atoms with Crippen LogP contribution in [0.3, 0.4) is 0 Å². The summed E-state index contributed by atoms with van der Waals surface area (Å²) in [5.74, 6) is -4.47. The lowest BCUT2D eigenvalue weighted by Crippen LogP contribution is -2.59. The molecule has 2 aliphatic heterocycles. The zero-order valence-corrected chi connectivity index (χ0v) is 18.3. The van der Waals surface area contributed by atoms with E-state index < -0.39 is 53.4 Å². The van der Waals surface area contributed by atoms with E-state index in [0.717, 1.165) is 24.9 Å². The second-order valence-electron chi connectivity index (χ2n) is 8.60. The number of carbonyl (C=O) groups is 1. The number of fused-ring (bicyclic) bond motifs is 3. The number of piperidine rings is 2. The highest BCUT2D eigenvalue weighted by atomic mass is 19.4. The van der Waals surface area contributed by atoms with Crippen LogP contribution in [0.1, 0.15) is 35.3 Å². The van der Waals surface area contributed by atoms with Gasteiger partial charge < -0.3 is 9.64 Å². The van der Waals surface area contributed by atoms with Gasteiger partial charge in [-0.15, -0.1) is 0 Å². The molecular weight excluding hydrogens is 492 g/mol. The van der Waals surface area contributed by atoms with Gasteiger partial charge in [-0.05, 0) is 37.3 Å². The highest BCUT2D eigenvalue weighted by Crippen LogP contribution is 2.39. The predicted molar refractivity (Wildman–Crippen MR) is 111 cm³/mol. The molecule has 3 fully saturated rings. The van der Waals surface area contributed by atoms with E-state index in [9.17, 15) is 31.1 Å². The average molecular weight is 509 g/mol. The van der Waals surface area contributed by atoms with E-state index in [1.54, 1.807) is 0 Å². The van der Waals surface area contributed by atoms with Crippen LogP contribution in [-0.4, -0.2) is 49.4 Å². The van der Waals surface area contributed by atoms with Gasteiger partial charge in [0.25, 0.3) is 17.7 Å². The Balaban J connectivity index is 1.43. The van der Waals surface area contributed by atoms with Gasteiger partial charge in [-0.1, -0.05) is 6.07 Å². The molecule has 1 amide bonds. The van der Waals surface area contributed by atoms with Gasteiger partial charge in [0.05, 0.1) is 35.8 Å². The number of rotatable bonds is 4. The Kier molecular flexibility index (Phi) is 6.00.